The molecule has 204 valence electrons. The minimum Gasteiger partial charge on any atom is -0.484 e. The average molecular weight is 570 g/mol. The molecule has 2 aromatic carbocycles. The van der Waals surface area contributed by atoms with Gasteiger partial charge in [-0.25, -0.2) is 8.78 Å². The Morgan fingerprint density at radius 2 is 1.39 bits per heavy atom. The molecule has 0 atom stereocenters. The highest BCUT2D eigenvalue weighted by atomic mass is 35.5. The van der Waals surface area contributed by atoms with Gasteiger partial charge >= 0.3 is 0 Å². The molecule has 2 N–H and O–H groups in total. The van der Waals surface area contributed by atoms with Crippen LogP contribution >= 0.6 is 23.2 Å². The van der Waals surface area contributed by atoms with Gasteiger partial charge in [0.25, 0.3) is 11.8 Å². The summed E-state index contributed by atoms with van der Waals surface area (Å²) in [4.78, 5) is 40.7. The van der Waals surface area contributed by atoms with Crippen molar-refractivity contribution in [3.8, 4) is 11.5 Å². The first-order valence-corrected chi connectivity index (χ1v) is 12.9. The van der Waals surface area contributed by atoms with E-state index in [1.807, 2.05) is 6.92 Å². The van der Waals surface area contributed by atoms with Gasteiger partial charge < -0.3 is 25.0 Å². The van der Waals surface area contributed by atoms with Gasteiger partial charge in [-0.2, -0.15) is 0 Å². The van der Waals surface area contributed by atoms with Crippen LogP contribution in [0.4, 0.5) is 8.78 Å². The number of fused-ring (bicyclic) bond motifs is 3. The van der Waals surface area contributed by atoms with Crippen molar-refractivity contribution in [3.05, 3.63) is 58.1 Å². The van der Waals surface area contributed by atoms with E-state index >= 15 is 0 Å². The van der Waals surface area contributed by atoms with Crippen LogP contribution in [-0.4, -0.2) is 53.6 Å². The minimum absolute atomic E-state index is 0.0557. The van der Waals surface area contributed by atoms with E-state index in [0.717, 1.165) is 12.1 Å². The van der Waals surface area contributed by atoms with Crippen molar-refractivity contribution in [1.82, 2.24) is 15.5 Å². The van der Waals surface area contributed by atoms with Crippen LogP contribution in [0.5, 0.6) is 11.5 Å². The Kier molecular flexibility index (Phi) is 8.32. The van der Waals surface area contributed by atoms with Gasteiger partial charge in [0.15, 0.2) is 13.2 Å². The third-order valence-electron chi connectivity index (χ3n) is 6.82. The van der Waals surface area contributed by atoms with Gasteiger partial charge in [0, 0.05) is 18.7 Å². The molecule has 2 heterocycles. The second kappa shape index (κ2) is 11.3. The van der Waals surface area contributed by atoms with Gasteiger partial charge in [0.2, 0.25) is 5.91 Å². The number of hydrogen-bond acceptors (Lipinski definition) is 5. The molecule has 2 bridgehead atoms. The molecule has 3 fully saturated rings. The van der Waals surface area contributed by atoms with Crippen LogP contribution in [0.15, 0.2) is 36.4 Å². The van der Waals surface area contributed by atoms with Gasteiger partial charge in [-0.1, -0.05) is 30.1 Å². The highest BCUT2D eigenvalue weighted by molar-refractivity contribution is 6.31. The maximum absolute atomic E-state index is 13.7. The molecule has 1 aliphatic carbocycles. The van der Waals surface area contributed by atoms with E-state index in [4.69, 9.17) is 32.7 Å². The number of amides is 3. The summed E-state index contributed by atoms with van der Waals surface area (Å²) in [6, 6.07) is 7.72. The van der Waals surface area contributed by atoms with Crippen molar-refractivity contribution in [3.63, 3.8) is 0 Å². The molecule has 8 nitrogen and oxygen atoms in total. The van der Waals surface area contributed by atoms with E-state index in [2.05, 4.69) is 10.6 Å². The lowest BCUT2D eigenvalue weighted by molar-refractivity contribution is -0.169. The van der Waals surface area contributed by atoms with Crippen LogP contribution in [0.3, 0.4) is 0 Å². The number of piperidine rings is 2. The summed E-state index contributed by atoms with van der Waals surface area (Å²) in [7, 11) is 0. The second-order valence-electron chi connectivity index (χ2n) is 9.40. The maximum Gasteiger partial charge on any atom is 0.259 e. The quantitative estimate of drug-likeness (QED) is 0.446. The predicted octanol–water partition coefficient (Wildman–Crippen LogP) is 4.22. The molecule has 2 saturated heterocycles. The average Bonchev–Trinajstić information content (AvgIpc) is 2.89. The summed E-state index contributed by atoms with van der Waals surface area (Å²) in [5.41, 5.74) is -2.03. The molecule has 3 amide bonds. The Bertz CT molecular complexity index is 1240. The van der Waals surface area contributed by atoms with Gasteiger partial charge in [0.1, 0.15) is 34.3 Å². The van der Waals surface area contributed by atoms with Crippen LogP contribution in [0.25, 0.3) is 0 Å². The Balaban J connectivity index is 1.38. The summed E-state index contributed by atoms with van der Waals surface area (Å²) >= 11 is 11.3. The lowest BCUT2D eigenvalue weighted by Crippen LogP contribution is -2.78. The fourth-order valence-electron chi connectivity index (χ4n) is 4.97. The molecule has 0 aromatic heterocycles. The number of carbonyl (C=O) groups is 3. The molecule has 0 unspecified atom stereocenters. The van der Waals surface area contributed by atoms with Crippen molar-refractivity contribution >= 4 is 40.9 Å². The number of rotatable bonds is 10. The zero-order valence-electron chi connectivity index (χ0n) is 20.6. The fourth-order valence-corrected chi connectivity index (χ4v) is 5.20. The first kappa shape index (κ1) is 27.9. The Hall–Kier alpha value is -3.11. The molecule has 0 spiro atoms. The van der Waals surface area contributed by atoms with Crippen LogP contribution < -0.4 is 20.1 Å². The van der Waals surface area contributed by atoms with Crippen molar-refractivity contribution in [2.45, 2.75) is 50.2 Å². The SMILES string of the molecule is CCCN1C(=O)C2(NC(=O)COc3ccc(Cl)c(F)c3)CCC1(NC(=O)COc1ccc(Cl)c(F)c1)CC2. The van der Waals surface area contributed by atoms with Crippen LogP contribution in [0.2, 0.25) is 10.0 Å². The summed E-state index contributed by atoms with van der Waals surface area (Å²) in [5, 5.41) is 5.65. The van der Waals surface area contributed by atoms with Crippen molar-refractivity contribution in [1.29, 1.82) is 0 Å². The second-order valence-corrected chi connectivity index (χ2v) is 10.2. The number of halogens is 4. The minimum atomic E-state index is -1.12. The molecule has 12 heteroatoms. The van der Waals surface area contributed by atoms with Gasteiger partial charge in [-0.05, 0) is 56.4 Å². The van der Waals surface area contributed by atoms with E-state index < -0.39 is 41.3 Å². The van der Waals surface area contributed by atoms with E-state index in [9.17, 15) is 23.2 Å². The first-order chi connectivity index (χ1) is 18.1. The molecule has 3 aliphatic rings. The van der Waals surface area contributed by atoms with Gasteiger partial charge in [0.05, 0.1) is 10.0 Å². The summed E-state index contributed by atoms with van der Waals surface area (Å²) in [6.07, 6.45) is 2.11. The topological polar surface area (TPSA) is 97.0 Å². The number of benzene rings is 2. The maximum atomic E-state index is 13.7. The van der Waals surface area contributed by atoms with E-state index in [1.165, 1.54) is 24.3 Å². The molecular formula is C26H27Cl2F2N3O5. The number of nitrogens with one attached hydrogen (secondary N) is 2. The number of hydrogen-bond donors (Lipinski definition) is 2. The molecular weight excluding hydrogens is 543 g/mol. The van der Waals surface area contributed by atoms with Crippen molar-refractivity contribution < 1.29 is 32.6 Å². The number of carbonyl (C=O) groups excluding carboxylic acids is 3. The highest BCUT2D eigenvalue weighted by Crippen LogP contribution is 2.45. The zero-order chi connectivity index (χ0) is 27.5. The largest absolute Gasteiger partial charge is 0.484 e. The summed E-state index contributed by atoms with van der Waals surface area (Å²) in [6.45, 7) is 1.50. The number of nitrogens with zero attached hydrogens (tertiary/aromatic N) is 1. The smallest absolute Gasteiger partial charge is 0.259 e. The first-order valence-electron chi connectivity index (χ1n) is 12.2. The van der Waals surface area contributed by atoms with E-state index in [0.29, 0.717) is 38.6 Å². The van der Waals surface area contributed by atoms with Crippen molar-refractivity contribution in [2.75, 3.05) is 19.8 Å². The molecule has 0 radical (unpaired) electrons. The standard InChI is InChI=1S/C26H27Cl2F2N3O5/c1-2-11-33-24(36)25(31-22(34)14-37-16-3-5-18(27)20(29)12-16)7-9-26(33,10-8-25)32-23(35)15-38-17-4-6-19(28)21(30)13-17/h3-6,12-13H,2,7-11,14-15H2,1H3,(H,31,34)(H,32,35). The zero-order valence-corrected chi connectivity index (χ0v) is 22.1. The summed E-state index contributed by atoms with van der Waals surface area (Å²) in [5.74, 6) is -2.31. The third kappa shape index (κ3) is 5.81. The third-order valence-corrected chi connectivity index (χ3v) is 7.43. The monoisotopic (exact) mass is 569 g/mol. The molecule has 38 heavy (non-hydrogen) atoms. The molecule has 2 aromatic rings. The van der Waals surface area contributed by atoms with Crippen LogP contribution in [0.1, 0.15) is 39.0 Å². The normalized spacial score (nSPS) is 22.2. The molecule has 2 aliphatic heterocycles. The Morgan fingerprint density at radius 1 is 0.895 bits per heavy atom. The van der Waals surface area contributed by atoms with Crippen LogP contribution in [-0.2, 0) is 14.4 Å². The predicted molar refractivity (Wildman–Crippen MR) is 136 cm³/mol. The fraction of sp³-hybridized carbons (Fsp3) is 0.423. The molecule has 1 saturated carbocycles. The van der Waals surface area contributed by atoms with E-state index in [-0.39, 0.29) is 34.1 Å². The highest BCUT2D eigenvalue weighted by Gasteiger charge is 2.59. The van der Waals surface area contributed by atoms with Crippen LogP contribution in [0, 0.1) is 11.6 Å². The Labute approximate surface area is 228 Å². The van der Waals surface area contributed by atoms with Gasteiger partial charge in [-0.15, -0.1) is 0 Å². The van der Waals surface area contributed by atoms with E-state index in [1.54, 1.807) is 4.90 Å². The van der Waals surface area contributed by atoms with Gasteiger partial charge in [-0.3, -0.25) is 14.4 Å². The number of ether oxygens (including phenoxy) is 2. The molecule has 5 rings (SSSR count). The van der Waals surface area contributed by atoms with Crippen molar-refractivity contribution in [2.24, 2.45) is 0 Å². The lowest BCUT2D eigenvalue weighted by Gasteiger charge is -2.58. The lowest BCUT2D eigenvalue weighted by atomic mass is 9.69. The Morgan fingerprint density at radius 3 is 1.87 bits per heavy atom. The summed E-state index contributed by atoms with van der Waals surface area (Å²) < 4.78 is 38.1.